The van der Waals surface area contributed by atoms with E-state index in [4.69, 9.17) is 5.73 Å². The van der Waals surface area contributed by atoms with Gasteiger partial charge in [-0.25, -0.2) is 0 Å². The fourth-order valence-electron chi connectivity index (χ4n) is 2.05. The largest absolute Gasteiger partial charge is 0.416 e. The van der Waals surface area contributed by atoms with Crippen LogP contribution in [-0.2, 0) is 19.0 Å². The zero-order chi connectivity index (χ0) is 15.5. The lowest BCUT2D eigenvalue weighted by atomic mass is 10.0. The lowest BCUT2D eigenvalue weighted by Crippen LogP contribution is -2.14. The molecule has 1 aromatic heterocycles. The van der Waals surface area contributed by atoms with Crippen LogP contribution in [-0.4, -0.2) is 4.98 Å². The van der Waals surface area contributed by atoms with Gasteiger partial charge in [-0.3, -0.25) is 4.98 Å². The number of nitrogens with zero attached hydrogens (tertiary/aromatic N) is 1. The molecule has 0 radical (unpaired) electrons. The Bertz CT molecular complexity index is 574. The Morgan fingerprint density at radius 1 is 1.10 bits per heavy atom. The monoisotopic (exact) mass is 294 g/mol. The SMILES string of the molecule is CCc1ccc(CC(N)c2ccc(C(F)(F)F)cc2)nc1. The van der Waals surface area contributed by atoms with E-state index in [9.17, 15) is 13.2 Å². The van der Waals surface area contributed by atoms with Gasteiger partial charge in [0.2, 0.25) is 0 Å². The van der Waals surface area contributed by atoms with Crippen molar-refractivity contribution in [2.24, 2.45) is 5.73 Å². The van der Waals surface area contributed by atoms with Gasteiger partial charge in [0, 0.05) is 24.4 Å². The van der Waals surface area contributed by atoms with E-state index in [0.29, 0.717) is 12.0 Å². The molecule has 2 rings (SSSR count). The van der Waals surface area contributed by atoms with Gasteiger partial charge in [0.15, 0.2) is 0 Å². The van der Waals surface area contributed by atoms with Gasteiger partial charge in [-0.15, -0.1) is 0 Å². The van der Waals surface area contributed by atoms with Crippen LogP contribution in [0.4, 0.5) is 13.2 Å². The van der Waals surface area contributed by atoms with Crippen LogP contribution in [0.5, 0.6) is 0 Å². The fourth-order valence-corrected chi connectivity index (χ4v) is 2.05. The van der Waals surface area contributed by atoms with Crippen LogP contribution in [0.15, 0.2) is 42.6 Å². The summed E-state index contributed by atoms with van der Waals surface area (Å²) in [5, 5.41) is 0. The highest BCUT2D eigenvalue weighted by Crippen LogP contribution is 2.30. The Kier molecular flexibility index (Phi) is 4.63. The molecule has 0 saturated carbocycles. The van der Waals surface area contributed by atoms with Gasteiger partial charge in [0.1, 0.15) is 0 Å². The normalized spacial score (nSPS) is 13.2. The number of benzene rings is 1. The van der Waals surface area contributed by atoms with Crippen LogP contribution in [0.1, 0.15) is 35.3 Å². The molecule has 0 aliphatic carbocycles. The average Bonchev–Trinajstić information content (AvgIpc) is 2.47. The molecule has 0 aliphatic heterocycles. The molecule has 1 unspecified atom stereocenters. The summed E-state index contributed by atoms with van der Waals surface area (Å²) in [6.07, 6.45) is -1.11. The minimum Gasteiger partial charge on any atom is -0.324 e. The molecule has 1 heterocycles. The Labute approximate surface area is 121 Å². The molecular formula is C16H17F3N2. The quantitative estimate of drug-likeness (QED) is 0.928. The molecule has 0 aliphatic rings. The van der Waals surface area contributed by atoms with E-state index in [1.165, 1.54) is 12.1 Å². The summed E-state index contributed by atoms with van der Waals surface area (Å²) in [6, 6.07) is 8.49. The fraction of sp³-hybridized carbons (Fsp3) is 0.312. The summed E-state index contributed by atoms with van der Waals surface area (Å²) in [7, 11) is 0. The van der Waals surface area contributed by atoms with Crippen molar-refractivity contribution >= 4 is 0 Å². The Balaban J connectivity index is 2.07. The maximum absolute atomic E-state index is 12.5. The molecule has 1 atom stereocenters. The molecule has 2 N–H and O–H groups in total. The zero-order valence-corrected chi connectivity index (χ0v) is 11.7. The Morgan fingerprint density at radius 2 is 1.76 bits per heavy atom. The first-order valence-electron chi connectivity index (χ1n) is 6.76. The number of halogens is 3. The van der Waals surface area contributed by atoms with Crippen molar-refractivity contribution in [1.82, 2.24) is 4.98 Å². The second-order valence-electron chi connectivity index (χ2n) is 4.94. The van der Waals surface area contributed by atoms with Crippen molar-refractivity contribution in [3.63, 3.8) is 0 Å². The number of rotatable bonds is 4. The maximum atomic E-state index is 12.5. The predicted molar refractivity (Wildman–Crippen MR) is 75.7 cm³/mol. The van der Waals surface area contributed by atoms with Crippen LogP contribution in [0.2, 0.25) is 0 Å². The van der Waals surface area contributed by atoms with Crippen molar-refractivity contribution in [2.75, 3.05) is 0 Å². The highest BCUT2D eigenvalue weighted by Gasteiger charge is 2.30. The molecule has 0 fully saturated rings. The third-order valence-corrected chi connectivity index (χ3v) is 3.39. The molecule has 0 saturated heterocycles. The molecule has 0 spiro atoms. The van der Waals surface area contributed by atoms with Crippen molar-refractivity contribution in [3.05, 3.63) is 65.0 Å². The number of alkyl halides is 3. The predicted octanol–water partition coefficient (Wildman–Crippen LogP) is 3.91. The van der Waals surface area contributed by atoms with Gasteiger partial charge in [-0.1, -0.05) is 25.1 Å². The van der Waals surface area contributed by atoms with E-state index < -0.39 is 11.7 Å². The first-order valence-corrected chi connectivity index (χ1v) is 6.76. The van der Waals surface area contributed by atoms with Gasteiger partial charge in [-0.2, -0.15) is 13.2 Å². The molecule has 112 valence electrons. The summed E-state index contributed by atoms with van der Waals surface area (Å²) in [4.78, 5) is 4.31. The summed E-state index contributed by atoms with van der Waals surface area (Å²) in [5.74, 6) is 0. The minimum atomic E-state index is -4.32. The number of hydrogen-bond donors (Lipinski definition) is 1. The first-order chi connectivity index (χ1) is 9.90. The molecule has 1 aromatic carbocycles. The van der Waals surface area contributed by atoms with Gasteiger partial charge >= 0.3 is 6.18 Å². The topological polar surface area (TPSA) is 38.9 Å². The van der Waals surface area contributed by atoms with E-state index in [1.54, 1.807) is 6.20 Å². The molecule has 2 aromatic rings. The summed E-state index contributed by atoms with van der Waals surface area (Å²) in [5.41, 5.74) is 8.02. The van der Waals surface area contributed by atoms with Crippen LogP contribution < -0.4 is 5.73 Å². The van der Waals surface area contributed by atoms with Gasteiger partial charge in [0.25, 0.3) is 0 Å². The number of nitrogens with two attached hydrogens (primary N) is 1. The molecule has 5 heteroatoms. The molecular weight excluding hydrogens is 277 g/mol. The standard InChI is InChI=1S/C16H17F3N2/c1-2-11-3-8-14(21-10-11)9-15(20)12-4-6-13(7-5-12)16(17,18)19/h3-8,10,15H,2,9,20H2,1H3. The van der Waals surface area contributed by atoms with Crippen molar-refractivity contribution in [3.8, 4) is 0 Å². The summed E-state index contributed by atoms with van der Waals surface area (Å²) in [6.45, 7) is 2.05. The Morgan fingerprint density at radius 3 is 2.24 bits per heavy atom. The smallest absolute Gasteiger partial charge is 0.324 e. The lowest BCUT2D eigenvalue weighted by Gasteiger charge is -2.13. The summed E-state index contributed by atoms with van der Waals surface area (Å²) < 4.78 is 37.5. The number of hydrogen-bond acceptors (Lipinski definition) is 2. The lowest BCUT2D eigenvalue weighted by molar-refractivity contribution is -0.137. The van der Waals surface area contributed by atoms with E-state index in [2.05, 4.69) is 4.98 Å². The van der Waals surface area contributed by atoms with Gasteiger partial charge < -0.3 is 5.73 Å². The van der Waals surface area contributed by atoms with E-state index >= 15 is 0 Å². The minimum absolute atomic E-state index is 0.368. The van der Waals surface area contributed by atoms with E-state index in [1.807, 2.05) is 19.1 Å². The Hall–Kier alpha value is -1.88. The van der Waals surface area contributed by atoms with Crippen molar-refractivity contribution in [2.45, 2.75) is 32.0 Å². The van der Waals surface area contributed by atoms with Crippen LogP contribution in [0.25, 0.3) is 0 Å². The molecule has 2 nitrogen and oxygen atoms in total. The van der Waals surface area contributed by atoms with Gasteiger partial charge in [-0.05, 0) is 35.7 Å². The number of pyridine rings is 1. The second kappa shape index (κ2) is 6.26. The molecule has 0 amide bonds. The van der Waals surface area contributed by atoms with E-state index in [0.717, 1.165) is 29.8 Å². The average molecular weight is 294 g/mol. The second-order valence-corrected chi connectivity index (χ2v) is 4.94. The first kappa shape index (κ1) is 15.5. The summed E-state index contributed by atoms with van der Waals surface area (Å²) >= 11 is 0. The zero-order valence-electron chi connectivity index (χ0n) is 11.7. The molecule has 21 heavy (non-hydrogen) atoms. The van der Waals surface area contributed by atoms with Gasteiger partial charge in [0.05, 0.1) is 5.56 Å². The van der Waals surface area contributed by atoms with Crippen LogP contribution in [0, 0.1) is 0 Å². The van der Waals surface area contributed by atoms with E-state index in [-0.39, 0.29) is 6.04 Å². The van der Waals surface area contributed by atoms with Crippen molar-refractivity contribution < 1.29 is 13.2 Å². The molecule has 0 bridgehead atoms. The maximum Gasteiger partial charge on any atom is 0.416 e. The number of aromatic nitrogens is 1. The van der Waals surface area contributed by atoms with Crippen LogP contribution in [0.3, 0.4) is 0 Å². The number of aryl methyl sites for hydroxylation is 1. The highest BCUT2D eigenvalue weighted by atomic mass is 19.4. The van der Waals surface area contributed by atoms with Crippen molar-refractivity contribution in [1.29, 1.82) is 0 Å². The third-order valence-electron chi connectivity index (χ3n) is 3.39. The third kappa shape index (κ3) is 4.04. The van der Waals surface area contributed by atoms with Crippen LogP contribution >= 0.6 is 0 Å². The highest BCUT2D eigenvalue weighted by molar-refractivity contribution is 5.27.